The largest absolute Gasteiger partial charge is 0.309 e. The predicted molar refractivity (Wildman–Crippen MR) is 108 cm³/mol. The van der Waals surface area contributed by atoms with E-state index in [0.29, 0.717) is 12.3 Å². The second kappa shape index (κ2) is 9.00. The van der Waals surface area contributed by atoms with Gasteiger partial charge in [-0.05, 0) is 36.5 Å². The molecule has 2 aromatic rings. The number of likely N-dealkylation sites (tertiary alicyclic amines) is 1. The molecule has 3 nitrogen and oxygen atoms in total. The zero-order chi connectivity index (χ0) is 18.4. The van der Waals surface area contributed by atoms with Crippen LogP contribution in [-0.2, 0) is 11.2 Å². The molecule has 1 heterocycles. The van der Waals surface area contributed by atoms with Crippen molar-refractivity contribution < 1.29 is 4.79 Å². The lowest BCUT2D eigenvalue weighted by molar-refractivity contribution is -0.119. The van der Waals surface area contributed by atoms with Gasteiger partial charge in [-0.15, -0.1) is 0 Å². The van der Waals surface area contributed by atoms with E-state index >= 15 is 0 Å². The molecule has 2 atom stereocenters. The number of hydrogen-bond acceptors (Lipinski definition) is 2. The van der Waals surface area contributed by atoms with E-state index < -0.39 is 0 Å². The molecule has 0 unspecified atom stereocenters. The normalized spacial score (nSPS) is 20.7. The molecule has 0 spiro atoms. The fourth-order valence-electron chi connectivity index (χ4n) is 4.02. The standard InChI is InChI=1S/C23H30N2O/c1-3-23(26)25(21-12-8-5-9-13-21)22-15-17-24(18-19(22)2)16-14-20-10-6-4-7-11-20/h4-13,19,22H,3,14-18H2,1-2H3/t19-,22+/m0/s1. The number of nitrogens with zero attached hydrogens (tertiary/aromatic N) is 2. The summed E-state index contributed by atoms with van der Waals surface area (Å²) in [4.78, 5) is 17.3. The minimum absolute atomic E-state index is 0.228. The molecule has 2 aromatic carbocycles. The Morgan fingerprint density at radius 1 is 1.08 bits per heavy atom. The Hall–Kier alpha value is -2.13. The van der Waals surface area contributed by atoms with Gasteiger partial charge < -0.3 is 9.80 Å². The van der Waals surface area contributed by atoms with E-state index in [1.165, 1.54) is 5.56 Å². The fraction of sp³-hybridized carbons (Fsp3) is 0.435. The molecular formula is C23H30N2O. The van der Waals surface area contributed by atoms with Crippen LogP contribution < -0.4 is 4.90 Å². The van der Waals surface area contributed by atoms with E-state index in [4.69, 9.17) is 0 Å². The Morgan fingerprint density at radius 2 is 1.73 bits per heavy atom. The van der Waals surface area contributed by atoms with Gasteiger partial charge in [0.1, 0.15) is 0 Å². The van der Waals surface area contributed by atoms with Gasteiger partial charge in [0.25, 0.3) is 0 Å². The molecular weight excluding hydrogens is 320 g/mol. The number of hydrogen-bond donors (Lipinski definition) is 0. The van der Waals surface area contributed by atoms with Crippen LogP contribution in [0.15, 0.2) is 60.7 Å². The second-order valence-electron chi connectivity index (χ2n) is 7.32. The summed E-state index contributed by atoms with van der Waals surface area (Å²) < 4.78 is 0. The minimum atomic E-state index is 0.228. The number of anilines is 1. The first kappa shape index (κ1) is 18.7. The third-order valence-electron chi connectivity index (χ3n) is 5.44. The van der Waals surface area contributed by atoms with Crippen molar-refractivity contribution in [3.05, 3.63) is 66.2 Å². The van der Waals surface area contributed by atoms with Gasteiger partial charge >= 0.3 is 0 Å². The van der Waals surface area contributed by atoms with Crippen LogP contribution in [0, 0.1) is 5.92 Å². The fourth-order valence-corrected chi connectivity index (χ4v) is 4.02. The van der Waals surface area contributed by atoms with E-state index in [9.17, 15) is 4.79 Å². The molecule has 0 bridgehead atoms. The molecule has 1 saturated heterocycles. The molecule has 138 valence electrons. The zero-order valence-corrected chi connectivity index (χ0v) is 16.0. The van der Waals surface area contributed by atoms with Crippen LogP contribution in [-0.4, -0.2) is 36.5 Å². The molecule has 0 saturated carbocycles. The number of benzene rings is 2. The monoisotopic (exact) mass is 350 g/mol. The van der Waals surface area contributed by atoms with E-state index in [1.807, 2.05) is 25.1 Å². The summed E-state index contributed by atoms with van der Waals surface area (Å²) >= 11 is 0. The zero-order valence-electron chi connectivity index (χ0n) is 16.0. The summed E-state index contributed by atoms with van der Waals surface area (Å²) in [5, 5.41) is 0. The maximum atomic E-state index is 12.7. The number of rotatable bonds is 6. The van der Waals surface area contributed by atoms with Crippen molar-refractivity contribution in [1.82, 2.24) is 4.90 Å². The summed E-state index contributed by atoms with van der Waals surface area (Å²) in [5.74, 6) is 0.695. The van der Waals surface area contributed by atoms with Crippen LogP contribution in [0.4, 0.5) is 5.69 Å². The Balaban J connectivity index is 1.64. The van der Waals surface area contributed by atoms with Crippen LogP contribution in [0.1, 0.15) is 32.3 Å². The molecule has 3 rings (SSSR count). The highest BCUT2D eigenvalue weighted by molar-refractivity contribution is 5.93. The second-order valence-corrected chi connectivity index (χ2v) is 7.32. The van der Waals surface area contributed by atoms with Crippen LogP contribution >= 0.6 is 0 Å². The molecule has 0 N–H and O–H groups in total. The first-order valence-corrected chi connectivity index (χ1v) is 9.82. The van der Waals surface area contributed by atoms with Crippen LogP contribution in [0.5, 0.6) is 0 Å². The molecule has 1 fully saturated rings. The van der Waals surface area contributed by atoms with Crippen LogP contribution in [0.3, 0.4) is 0 Å². The van der Waals surface area contributed by atoms with Crippen molar-refractivity contribution in [3.63, 3.8) is 0 Å². The van der Waals surface area contributed by atoms with E-state index in [-0.39, 0.29) is 11.9 Å². The molecule has 1 aliphatic heterocycles. The summed E-state index contributed by atoms with van der Waals surface area (Å²) in [6.45, 7) is 7.45. The number of piperidine rings is 1. The maximum absolute atomic E-state index is 12.7. The topological polar surface area (TPSA) is 23.6 Å². The van der Waals surface area contributed by atoms with Crippen LogP contribution in [0.2, 0.25) is 0 Å². The van der Waals surface area contributed by atoms with E-state index in [2.05, 4.69) is 59.2 Å². The van der Waals surface area contributed by atoms with Crippen molar-refractivity contribution >= 4 is 11.6 Å². The maximum Gasteiger partial charge on any atom is 0.226 e. The van der Waals surface area contributed by atoms with Crippen molar-refractivity contribution in [3.8, 4) is 0 Å². The van der Waals surface area contributed by atoms with Gasteiger partial charge in [0, 0.05) is 37.8 Å². The molecule has 1 amide bonds. The summed E-state index contributed by atoms with van der Waals surface area (Å²) in [5.41, 5.74) is 2.43. The third kappa shape index (κ3) is 4.53. The lowest BCUT2D eigenvalue weighted by Gasteiger charge is -2.42. The highest BCUT2D eigenvalue weighted by atomic mass is 16.2. The Kier molecular flexibility index (Phi) is 6.45. The van der Waals surface area contributed by atoms with E-state index in [1.54, 1.807) is 0 Å². The van der Waals surface area contributed by atoms with Crippen molar-refractivity contribution in [1.29, 1.82) is 0 Å². The molecule has 0 aromatic heterocycles. The number of carbonyl (C=O) groups is 1. The number of amides is 1. The molecule has 1 aliphatic rings. The molecule has 0 radical (unpaired) electrons. The van der Waals surface area contributed by atoms with Crippen molar-refractivity contribution in [2.24, 2.45) is 5.92 Å². The third-order valence-corrected chi connectivity index (χ3v) is 5.44. The Bertz CT molecular complexity index is 686. The average Bonchev–Trinajstić information content (AvgIpc) is 2.69. The van der Waals surface area contributed by atoms with Gasteiger partial charge in [0.15, 0.2) is 0 Å². The lowest BCUT2D eigenvalue weighted by Crippen LogP contribution is -2.52. The van der Waals surface area contributed by atoms with Gasteiger partial charge in [0.2, 0.25) is 5.91 Å². The van der Waals surface area contributed by atoms with Crippen LogP contribution in [0.25, 0.3) is 0 Å². The van der Waals surface area contributed by atoms with Gasteiger partial charge in [0.05, 0.1) is 0 Å². The summed E-state index contributed by atoms with van der Waals surface area (Å²) in [7, 11) is 0. The highest BCUT2D eigenvalue weighted by Gasteiger charge is 2.33. The van der Waals surface area contributed by atoms with Gasteiger partial charge in [-0.3, -0.25) is 4.79 Å². The molecule has 3 heteroatoms. The van der Waals surface area contributed by atoms with Gasteiger partial charge in [-0.2, -0.15) is 0 Å². The number of carbonyl (C=O) groups excluding carboxylic acids is 1. The smallest absolute Gasteiger partial charge is 0.226 e. The summed E-state index contributed by atoms with van der Waals surface area (Å²) in [6, 6.07) is 21.1. The Morgan fingerprint density at radius 3 is 2.35 bits per heavy atom. The SMILES string of the molecule is CCC(=O)N(c1ccccc1)[C@@H]1CCN(CCc2ccccc2)C[C@@H]1C. The first-order chi connectivity index (χ1) is 12.7. The lowest BCUT2D eigenvalue weighted by atomic mass is 9.91. The minimum Gasteiger partial charge on any atom is -0.309 e. The van der Waals surface area contributed by atoms with Gasteiger partial charge in [-0.1, -0.05) is 62.4 Å². The average molecular weight is 351 g/mol. The first-order valence-electron chi connectivity index (χ1n) is 9.82. The van der Waals surface area contributed by atoms with Crippen molar-refractivity contribution in [2.75, 3.05) is 24.5 Å². The highest BCUT2D eigenvalue weighted by Crippen LogP contribution is 2.28. The van der Waals surface area contributed by atoms with Crippen molar-refractivity contribution in [2.45, 2.75) is 39.2 Å². The van der Waals surface area contributed by atoms with Gasteiger partial charge in [-0.25, -0.2) is 0 Å². The summed E-state index contributed by atoms with van der Waals surface area (Å²) in [6.07, 6.45) is 2.68. The quantitative estimate of drug-likeness (QED) is 0.772. The Labute approximate surface area is 157 Å². The van der Waals surface area contributed by atoms with E-state index in [0.717, 1.165) is 38.2 Å². The number of para-hydroxylation sites is 1. The molecule has 0 aliphatic carbocycles. The molecule has 26 heavy (non-hydrogen) atoms. The predicted octanol–water partition coefficient (Wildman–Crippen LogP) is 4.38.